The molecule has 1 fully saturated rings. The Morgan fingerprint density at radius 1 is 1.07 bits per heavy atom. The molecule has 1 saturated carbocycles. The number of carbonyl (C=O) groups excluding carboxylic acids is 1. The Morgan fingerprint density at radius 2 is 1.88 bits per heavy atom. The maximum atomic E-state index is 15.6. The lowest BCUT2D eigenvalue weighted by Gasteiger charge is -2.31. The van der Waals surface area contributed by atoms with Crippen molar-refractivity contribution in [2.24, 2.45) is 11.7 Å². The van der Waals surface area contributed by atoms with Gasteiger partial charge in [0, 0.05) is 36.3 Å². The fourth-order valence-electron chi connectivity index (χ4n) is 4.71. The summed E-state index contributed by atoms with van der Waals surface area (Å²) in [4.78, 5) is 18.8. The van der Waals surface area contributed by atoms with Gasteiger partial charge >= 0.3 is 6.18 Å². The van der Waals surface area contributed by atoms with Crippen LogP contribution >= 0.6 is 0 Å². The second-order valence-electron chi connectivity index (χ2n) is 9.93. The first-order valence-electron chi connectivity index (χ1n) is 12.8. The van der Waals surface area contributed by atoms with Crippen molar-refractivity contribution in [3.05, 3.63) is 107 Å². The van der Waals surface area contributed by atoms with Crippen LogP contribution in [0.15, 0.2) is 73.1 Å². The molecule has 5 rings (SSSR count). The van der Waals surface area contributed by atoms with Gasteiger partial charge in [-0.2, -0.15) is 18.3 Å². The zero-order valence-corrected chi connectivity index (χ0v) is 21.3. The summed E-state index contributed by atoms with van der Waals surface area (Å²) in [6.07, 6.45) is 1.53. The lowest BCUT2D eigenvalue weighted by atomic mass is 9.82. The summed E-state index contributed by atoms with van der Waals surface area (Å²) in [6, 6.07) is 14.3. The van der Waals surface area contributed by atoms with Gasteiger partial charge in [-0.1, -0.05) is 37.1 Å². The Labute approximate surface area is 227 Å². The molecule has 0 saturated heterocycles. The number of alkyl halides is 3. The lowest BCUT2D eigenvalue weighted by molar-refractivity contribution is -0.141. The number of nitrogens with one attached hydrogen (secondary N) is 1. The number of rotatable bonds is 9. The maximum absolute atomic E-state index is 15.6. The molecular formula is C29H27F4N5O2. The smallest absolute Gasteiger partial charge is 0.380 e. The number of pyridine rings is 1. The quantitative estimate of drug-likeness (QED) is 0.226. The highest BCUT2D eigenvalue weighted by molar-refractivity contribution is 6.10. The van der Waals surface area contributed by atoms with Crippen LogP contribution in [0, 0.1) is 11.7 Å². The Hall–Kier alpha value is -4.09. The summed E-state index contributed by atoms with van der Waals surface area (Å²) in [5, 5.41) is 17.3. The van der Waals surface area contributed by atoms with Crippen LogP contribution in [0.5, 0.6) is 0 Å². The predicted molar refractivity (Wildman–Crippen MR) is 140 cm³/mol. The number of carbonyl (C=O) groups is 1. The molecule has 0 radical (unpaired) electrons. The number of amides is 1. The number of aliphatic hydroxyl groups is 1. The lowest BCUT2D eigenvalue weighted by Crippen LogP contribution is -2.30. The largest absolute Gasteiger partial charge is 0.435 e. The first-order chi connectivity index (χ1) is 19.1. The summed E-state index contributed by atoms with van der Waals surface area (Å²) < 4.78 is 55.3. The SMILES string of the molecule is NCc1cccc(N(C(=O)c2cc(C(F)(F)F)n[nH]2)c2cc(C(O)(CCC3CC3)c3cccnc3)ccc2F)c1. The van der Waals surface area contributed by atoms with Crippen molar-refractivity contribution in [2.75, 3.05) is 4.90 Å². The van der Waals surface area contributed by atoms with Crippen LogP contribution in [0.3, 0.4) is 0 Å². The van der Waals surface area contributed by atoms with E-state index in [4.69, 9.17) is 5.73 Å². The molecule has 2 aromatic carbocycles. The fraction of sp³-hybridized carbons (Fsp3) is 0.276. The highest BCUT2D eigenvalue weighted by atomic mass is 19.4. The number of aromatic nitrogens is 3. The predicted octanol–water partition coefficient (Wildman–Crippen LogP) is 5.83. The number of nitrogens with zero attached hydrogens (tertiary/aromatic N) is 3. The minimum Gasteiger partial charge on any atom is -0.380 e. The van der Waals surface area contributed by atoms with Crippen LogP contribution in [-0.2, 0) is 18.3 Å². The second kappa shape index (κ2) is 10.8. The van der Waals surface area contributed by atoms with E-state index in [9.17, 15) is 23.1 Å². The molecule has 4 N–H and O–H groups in total. The summed E-state index contributed by atoms with van der Waals surface area (Å²) in [7, 11) is 0. The Balaban J connectivity index is 1.64. The summed E-state index contributed by atoms with van der Waals surface area (Å²) in [5.41, 5.74) is 3.79. The summed E-state index contributed by atoms with van der Waals surface area (Å²) in [5.74, 6) is -1.30. The number of aromatic amines is 1. The molecule has 1 atom stereocenters. The Morgan fingerprint density at radius 3 is 2.52 bits per heavy atom. The molecule has 1 aliphatic carbocycles. The molecule has 1 unspecified atom stereocenters. The van der Waals surface area contributed by atoms with E-state index in [2.05, 4.69) is 15.2 Å². The maximum Gasteiger partial charge on any atom is 0.435 e. The molecule has 2 heterocycles. The molecule has 4 aromatic rings. The van der Waals surface area contributed by atoms with E-state index in [0.717, 1.165) is 30.2 Å². The van der Waals surface area contributed by atoms with Gasteiger partial charge in [0.25, 0.3) is 5.91 Å². The van der Waals surface area contributed by atoms with Gasteiger partial charge in [-0.25, -0.2) is 4.39 Å². The van der Waals surface area contributed by atoms with E-state index >= 15 is 4.39 Å². The van der Waals surface area contributed by atoms with Gasteiger partial charge in [-0.15, -0.1) is 0 Å². The average molecular weight is 554 g/mol. The van der Waals surface area contributed by atoms with Crippen LogP contribution in [0.25, 0.3) is 0 Å². The van der Waals surface area contributed by atoms with Gasteiger partial charge < -0.3 is 10.8 Å². The van der Waals surface area contributed by atoms with Gasteiger partial charge in [-0.3, -0.25) is 19.8 Å². The number of nitrogens with two attached hydrogens (primary N) is 1. The van der Waals surface area contributed by atoms with Crippen molar-refractivity contribution in [3.63, 3.8) is 0 Å². The summed E-state index contributed by atoms with van der Waals surface area (Å²) in [6.45, 7) is 0.114. The minimum atomic E-state index is -4.79. The molecule has 0 bridgehead atoms. The Kier molecular flexibility index (Phi) is 7.43. The minimum absolute atomic E-state index is 0.114. The molecule has 1 amide bonds. The molecule has 1 aliphatic rings. The van der Waals surface area contributed by atoms with Crippen LogP contribution in [0.4, 0.5) is 28.9 Å². The third-order valence-electron chi connectivity index (χ3n) is 7.12. The monoisotopic (exact) mass is 553 g/mol. The van der Waals surface area contributed by atoms with E-state index in [0.29, 0.717) is 35.1 Å². The number of benzene rings is 2. The number of hydrogen-bond acceptors (Lipinski definition) is 5. The zero-order chi connectivity index (χ0) is 28.5. The molecule has 208 valence electrons. The third kappa shape index (κ3) is 5.61. The van der Waals surface area contributed by atoms with Gasteiger partial charge in [0.05, 0.1) is 5.69 Å². The Bertz CT molecular complexity index is 1500. The molecule has 2 aromatic heterocycles. The van der Waals surface area contributed by atoms with Crippen LogP contribution in [-0.4, -0.2) is 26.2 Å². The van der Waals surface area contributed by atoms with Crippen molar-refractivity contribution in [1.29, 1.82) is 0 Å². The van der Waals surface area contributed by atoms with Crippen molar-refractivity contribution in [2.45, 2.75) is 44.0 Å². The molecule has 7 nitrogen and oxygen atoms in total. The third-order valence-corrected chi connectivity index (χ3v) is 7.12. The van der Waals surface area contributed by atoms with E-state index in [1.54, 1.807) is 36.5 Å². The number of halogens is 4. The highest BCUT2D eigenvalue weighted by Crippen LogP contribution is 2.43. The van der Waals surface area contributed by atoms with Gasteiger partial charge in [0.1, 0.15) is 17.1 Å². The average Bonchev–Trinajstić information content (AvgIpc) is 3.64. The normalized spacial score (nSPS) is 15.1. The second-order valence-corrected chi connectivity index (χ2v) is 9.93. The molecular weight excluding hydrogens is 526 g/mol. The van der Waals surface area contributed by atoms with Crippen LogP contribution in [0.2, 0.25) is 0 Å². The highest BCUT2D eigenvalue weighted by Gasteiger charge is 2.38. The van der Waals surface area contributed by atoms with Crippen molar-refractivity contribution in [3.8, 4) is 0 Å². The van der Waals surface area contributed by atoms with Crippen molar-refractivity contribution < 1.29 is 27.5 Å². The first-order valence-corrected chi connectivity index (χ1v) is 12.8. The zero-order valence-electron chi connectivity index (χ0n) is 21.3. The van der Waals surface area contributed by atoms with E-state index in [-0.39, 0.29) is 17.9 Å². The van der Waals surface area contributed by atoms with Gasteiger partial charge in [0.2, 0.25) is 0 Å². The van der Waals surface area contributed by atoms with E-state index in [1.165, 1.54) is 24.4 Å². The molecule has 0 aliphatic heterocycles. The topological polar surface area (TPSA) is 108 Å². The standard InChI is InChI=1S/C29H27F4N5O2/c30-23-9-8-20(28(40,11-10-18-6-7-18)21-4-2-12-35-17-21)14-25(23)38(22-5-1-3-19(13-22)16-34)27(39)24-15-26(37-36-24)29(31,32)33/h1-5,8-9,12-15,17-18,40H,6-7,10-11,16,34H2,(H,36,37). The number of H-pyrrole nitrogens is 1. The molecule has 40 heavy (non-hydrogen) atoms. The first kappa shape index (κ1) is 27.5. The number of anilines is 2. The van der Waals surface area contributed by atoms with Gasteiger partial charge in [0.15, 0.2) is 5.69 Å². The van der Waals surface area contributed by atoms with Crippen molar-refractivity contribution in [1.82, 2.24) is 15.2 Å². The van der Waals surface area contributed by atoms with Crippen LogP contribution in [0.1, 0.15) is 58.6 Å². The van der Waals surface area contributed by atoms with Gasteiger partial charge in [-0.05, 0) is 60.2 Å². The van der Waals surface area contributed by atoms with Crippen LogP contribution < -0.4 is 10.6 Å². The molecule has 0 spiro atoms. The summed E-state index contributed by atoms with van der Waals surface area (Å²) >= 11 is 0. The van der Waals surface area contributed by atoms with Crippen molar-refractivity contribution >= 4 is 17.3 Å². The fourth-order valence-corrected chi connectivity index (χ4v) is 4.71. The van der Waals surface area contributed by atoms with E-state index in [1.807, 2.05) is 0 Å². The van der Waals surface area contributed by atoms with E-state index < -0.39 is 34.9 Å². The number of hydrogen-bond donors (Lipinski definition) is 3. The molecule has 11 heteroatoms.